The van der Waals surface area contributed by atoms with Crippen LogP contribution in [0.4, 0.5) is 0 Å². The molecule has 1 aromatic heterocycles. The standard InChI is InChI=1S/C14H22N2OS/c1-3-16(12-7-5-11(15)6-8-12)14(17)13-9-4-10(2)18-13/h4,9,11-12H,3,5-8,15H2,1-2H3. The van der Waals surface area contributed by atoms with Gasteiger partial charge in [0.1, 0.15) is 0 Å². The zero-order chi connectivity index (χ0) is 13.1. The SMILES string of the molecule is CCN(C(=O)c1ccc(C)s1)C1CCC(N)CC1. The maximum atomic E-state index is 12.5. The van der Waals surface area contributed by atoms with E-state index < -0.39 is 0 Å². The number of hydrogen-bond acceptors (Lipinski definition) is 3. The monoisotopic (exact) mass is 266 g/mol. The first-order valence-electron chi connectivity index (χ1n) is 6.74. The van der Waals surface area contributed by atoms with Gasteiger partial charge in [0.05, 0.1) is 4.88 Å². The second-order valence-electron chi connectivity index (χ2n) is 5.07. The number of nitrogens with zero attached hydrogens (tertiary/aromatic N) is 1. The number of rotatable bonds is 3. The second-order valence-corrected chi connectivity index (χ2v) is 6.36. The number of amides is 1. The zero-order valence-corrected chi connectivity index (χ0v) is 12.0. The highest BCUT2D eigenvalue weighted by Crippen LogP contribution is 2.25. The van der Waals surface area contributed by atoms with Crippen LogP contribution in [0.1, 0.15) is 47.2 Å². The first kappa shape index (κ1) is 13.6. The second kappa shape index (κ2) is 5.85. The minimum atomic E-state index is 0.191. The van der Waals surface area contributed by atoms with Gasteiger partial charge in [-0.15, -0.1) is 11.3 Å². The molecule has 1 aromatic rings. The van der Waals surface area contributed by atoms with Crippen LogP contribution in [0.3, 0.4) is 0 Å². The van der Waals surface area contributed by atoms with Gasteiger partial charge in [0.25, 0.3) is 5.91 Å². The van der Waals surface area contributed by atoms with E-state index in [4.69, 9.17) is 5.73 Å². The van der Waals surface area contributed by atoms with Crippen LogP contribution in [0, 0.1) is 6.92 Å². The lowest BCUT2D eigenvalue weighted by molar-refractivity contribution is 0.0645. The molecule has 1 aliphatic carbocycles. The van der Waals surface area contributed by atoms with Gasteiger partial charge in [-0.1, -0.05) is 0 Å². The number of carbonyl (C=O) groups is 1. The third-order valence-electron chi connectivity index (χ3n) is 3.73. The van der Waals surface area contributed by atoms with Crippen molar-refractivity contribution in [1.82, 2.24) is 4.90 Å². The molecule has 0 saturated heterocycles. The molecule has 100 valence electrons. The van der Waals surface area contributed by atoms with E-state index in [2.05, 4.69) is 6.92 Å². The normalized spacial score (nSPS) is 23.9. The van der Waals surface area contributed by atoms with Gasteiger partial charge in [-0.05, 0) is 51.7 Å². The van der Waals surface area contributed by atoms with E-state index in [0.29, 0.717) is 12.1 Å². The number of thiophene rings is 1. The Morgan fingerprint density at radius 1 is 1.39 bits per heavy atom. The summed E-state index contributed by atoms with van der Waals surface area (Å²) in [5, 5.41) is 0. The minimum Gasteiger partial charge on any atom is -0.335 e. The van der Waals surface area contributed by atoms with Crippen molar-refractivity contribution < 1.29 is 4.79 Å². The van der Waals surface area contributed by atoms with Crippen molar-refractivity contribution in [1.29, 1.82) is 0 Å². The molecule has 0 aliphatic heterocycles. The molecule has 0 atom stereocenters. The number of carbonyl (C=O) groups excluding carboxylic acids is 1. The fourth-order valence-electron chi connectivity index (χ4n) is 2.67. The van der Waals surface area contributed by atoms with Crippen molar-refractivity contribution in [2.24, 2.45) is 5.73 Å². The maximum absolute atomic E-state index is 12.5. The van der Waals surface area contributed by atoms with Crippen molar-refractivity contribution in [3.63, 3.8) is 0 Å². The Balaban J connectivity index is 2.06. The van der Waals surface area contributed by atoms with Crippen molar-refractivity contribution in [2.75, 3.05) is 6.54 Å². The van der Waals surface area contributed by atoms with Gasteiger partial charge in [-0.25, -0.2) is 0 Å². The Labute approximate surface area is 113 Å². The molecule has 1 saturated carbocycles. The largest absolute Gasteiger partial charge is 0.335 e. The third kappa shape index (κ3) is 2.93. The summed E-state index contributed by atoms with van der Waals surface area (Å²) in [4.78, 5) is 16.6. The van der Waals surface area contributed by atoms with E-state index in [-0.39, 0.29) is 5.91 Å². The van der Waals surface area contributed by atoms with Gasteiger partial charge in [0.2, 0.25) is 0 Å². The van der Waals surface area contributed by atoms with Crippen molar-refractivity contribution in [3.8, 4) is 0 Å². The Bertz CT molecular complexity index is 408. The topological polar surface area (TPSA) is 46.3 Å². The molecule has 1 amide bonds. The smallest absolute Gasteiger partial charge is 0.264 e. The minimum absolute atomic E-state index is 0.191. The van der Waals surface area contributed by atoms with Crippen LogP contribution in [-0.2, 0) is 0 Å². The molecule has 2 N–H and O–H groups in total. The van der Waals surface area contributed by atoms with Crippen molar-refractivity contribution in [2.45, 2.75) is 51.6 Å². The van der Waals surface area contributed by atoms with Crippen LogP contribution in [0.25, 0.3) is 0 Å². The van der Waals surface area contributed by atoms with Crippen LogP contribution in [0.15, 0.2) is 12.1 Å². The Hall–Kier alpha value is -0.870. The highest BCUT2D eigenvalue weighted by molar-refractivity contribution is 7.13. The summed E-state index contributed by atoms with van der Waals surface area (Å²) in [7, 11) is 0. The van der Waals surface area contributed by atoms with E-state index in [0.717, 1.165) is 37.1 Å². The Morgan fingerprint density at radius 3 is 2.56 bits per heavy atom. The molecule has 0 spiro atoms. The molecular weight excluding hydrogens is 244 g/mol. The lowest BCUT2D eigenvalue weighted by atomic mass is 9.90. The van der Waals surface area contributed by atoms with Crippen LogP contribution >= 0.6 is 11.3 Å². The van der Waals surface area contributed by atoms with Gasteiger partial charge in [-0.3, -0.25) is 4.79 Å². The molecule has 1 fully saturated rings. The fourth-order valence-corrected chi connectivity index (χ4v) is 3.50. The molecule has 1 aliphatic rings. The van der Waals surface area contributed by atoms with E-state index in [1.165, 1.54) is 4.88 Å². The molecule has 0 radical (unpaired) electrons. The summed E-state index contributed by atoms with van der Waals surface area (Å²) in [5.74, 6) is 0.191. The molecule has 0 unspecified atom stereocenters. The van der Waals surface area contributed by atoms with E-state index >= 15 is 0 Å². The Morgan fingerprint density at radius 2 is 2.06 bits per heavy atom. The predicted octanol–water partition coefficient (Wildman–Crippen LogP) is 2.79. The first-order valence-corrected chi connectivity index (χ1v) is 7.56. The molecule has 0 bridgehead atoms. The van der Waals surface area contributed by atoms with Crippen LogP contribution in [-0.4, -0.2) is 29.4 Å². The lowest BCUT2D eigenvalue weighted by Gasteiger charge is -2.35. The summed E-state index contributed by atoms with van der Waals surface area (Å²) in [6, 6.07) is 4.67. The molecule has 18 heavy (non-hydrogen) atoms. The van der Waals surface area contributed by atoms with Gasteiger partial charge < -0.3 is 10.6 Å². The summed E-state index contributed by atoms with van der Waals surface area (Å²) >= 11 is 1.59. The molecular formula is C14H22N2OS. The quantitative estimate of drug-likeness (QED) is 0.914. The van der Waals surface area contributed by atoms with E-state index in [9.17, 15) is 4.79 Å². The zero-order valence-electron chi connectivity index (χ0n) is 11.2. The van der Waals surface area contributed by atoms with Gasteiger partial charge in [0.15, 0.2) is 0 Å². The van der Waals surface area contributed by atoms with Gasteiger partial charge >= 0.3 is 0 Å². The molecule has 3 nitrogen and oxygen atoms in total. The lowest BCUT2D eigenvalue weighted by Crippen LogP contribution is -2.43. The summed E-state index contributed by atoms with van der Waals surface area (Å²) in [6.45, 7) is 4.89. The average molecular weight is 266 g/mol. The third-order valence-corrected chi connectivity index (χ3v) is 4.72. The van der Waals surface area contributed by atoms with E-state index in [1.54, 1.807) is 11.3 Å². The van der Waals surface area contributed by atoms with Crippen molar-refractivity contribution in [3.05, 3.63) is 21.9 Å². The molecule has 4 heteroatoms. The number of aryl methyl sites for hydroxylation is 1. The van der Waals surface area contributed by atoms with Crippen LogP contribution in [0.2, 0.25) is 0 Å². The average Bonchev–Trinajstić information content (AvgIpc) is 2.79. The van der Waals surface area contributed by atoms with Crippen LogP contribution < -0.4 is 5.73 Å². The maximum Gasteiger partial charge on any atom is 0.264 e. The van der Waals surface area contributed by atoms with Crippen LogP contribution in [0.5, 0.6) is 0 Å². The summed E-state index contributed by atoms with van der Waals surface area (Å²) in [5.41, 5.74) is 5.93. The molecule has 2 rings (SSSR count). The van der Waals surface area contributed by atoms with Gasteiger partial charge in [-0.2, -0.15) is 0 Å². The number of nitrogens with two attached hydrogens (primary N) is 1. The summed E-state index contributed by atoms with van der Waals surface area (Å²) < 4.78 is 0. The highest BCUT2D eigenvalue weighted by Gasteiger charge is 2.27. The molecule has 1 heterocycles. The highest BCUT2D eigenvalue weighted by atomic mass is 32.1. The summed E-state index contributed by atoms with van der Waals surface area (Å²) in [6.07, 6.45) is 4.17. The predicted molar refractivity (Wildman–Crippen MR) is 76.0 cm³/mol. The fraction of sp³-hybridized carbons (Fsp3) is 0.643. The number of hydrogen-bond donors (Lipinski definition) is 1. The van der Waals surface area contributed by atoms with Crippen molar-refractivity contribution >= 4 is 17.2 Å². The van der Waals surface area contributed by atoms with E-state index in [1.807, 2.05) is 24.0 Å². The Kier molecular flexibility index (Phi) is 4.40. The first-order chi connectivity index (χ1) is 8.61. The van der Waals surface area contributed by atoms with Gasteiger partial charge in [0, 0.05) is 23.5 Å². The molecule has 0 aromatic carbocycles.